The van der Waals surface area contributed by atoms with Gasteiger partial charge in [-0.15, -0.1) is 5.10 Å². The summed E-state index contributed by atoms with van der Waals surface area (Å²) in [5, 5.41) is 7.05. The lowest BCUT2D eigenvalue weighted by Crippen LogP contribution is -2.32. The first-order valence-corrected chi connectivity index (χ1v) is 10.0. The third-order valence-corrected chi connectivity index (χ3v) is 5.08. The molecule has 0 radical (unpaired) electrons. The molecule has 6 nitrogen and oxygen atoms in total. The number of nitrogens with zero attached hydrogens (tertiary/aromatic N) is 3. The predicted molar refractivity (Wildman–Crippen MR) is 108 cm³/mol. The lowest BCUT2D eigenvalue weighted by molar-refractivity contribution is -0.137. The molecule has 0 saturated heterocycles. The van der Waals surface area contributed by atoms with Crippen LogP contribution >= 0.6 is 0 Å². The van der Waals surface area contributed by atoms with Gasteiger partial charge in [0.15, 0.2) is 5.82 Å². The fraction of sp³-hybridized carbons (Fsp3) is 0.318. The van der Waals surface area contributed by atoms with Gasteiger partial charge in [-0.05, 0) is 30.5 Å². The average Bonchev–Trinajstić information content (AvgIpc) is 3.52. The van der Waals surface area contributed by atoms with Gasteiger partial charge in [-0.3, -0.25) is 9.36 Å². The maximum absolute atomic E-state index is 13.1. The molecular weight excluding hydrogens is 409 g/mol. The summed E-state index contributed by atoms with van der Waals surface area (Å²) in [6.07, 6.45) is -2.69. The second kappa shape index (κ2) is 8.41. The highest BCUT2D eigenvalue weighted by molar-refractivity contribution is 5.78. The molecule has 0 unspecified atom stereocenters. The highest BCUT2D eigenvalue weighted by atomic mass is 19.4. The molecule has 4 rings (SSSR count). The molecule has 1 aliphatic carbocycles. The zero-order chi connectivity index (χ0) is 22.0. The zero-order valence-corrected chi connectivity index (χ0v) is 16.6. The summed E-state index contributed by atoms with van der Waals surface area (Å²) in [7, 11) is 0. The molecule has 0 spiro atoms. The van der Waals surface area contributed by atoms with Crippen LogP contribution in [0.5, 0.6) is 0 Å². The predicted octanol–water partition coefficient (Wildman–Crippen LogP) is 3.42. The van der Waals surface area contributed by atoms with E-state index in [0.29, 0.717) is 0 Å². The minimum absolute atomic E-state index is 0.0570. The van der Waals surface area contributed by atoms with Crippen LogP contribution in [0.3, 0.4) is 0 Å². The van der Waals surface area contributed by atoms with E-state index in [2.05, 4.69) is 10.4 Å². The van der Waals surface area contributed by atoms with E-state index < -0.39 is 11.7 Å². The van der Waals surface area contributed by atoms with Gasteiger partial charge in [0, 0.05) is 18.2 Å². The number of hydrogen-bond acceptors (Lipinski definition) is 3. The second-order valence-corrected chi connectivity index (χ2v) is 7.52. The highest BCUT2D eigenvalue weighted by Gasteiger charge is 2.33. The first kappa shape index (κ1) is 20.9. The minimum Gasteiger partial charge on any atom is -0.354 e. The van der Waals surface area contributed by atoms with Crippen LogP contribution in [0.25, 0.3) is 11.4 Å². The van der Waals surface area contributed by atoms with Gasteiger partial charge in [-0.25, -0.2) is 9.48 Å². The monoisotopic (exact) mass is 430 g/mol. The normalized spacial score (nSPS) is 13.9. The molecule has 3 aromatic rings. The lowest BCUT2D eigenvalue weighted by Gasteiger charge is -2.09. The van der Waals surface area contributed by atoms with Crippen LogP contribution in [0.1, 0.15) is 30.0 Å². The first-order chi connectivity index (χ1) is 14.8. The van der Waals surface area contributed by atoms with E-state index in [-0.39, 0.29) is 48.5 Å². The van der Waals surface area contributed by atoms with Gasteiger partial charge in [0.1, 0.15) is 0 Å². The van der Waals surface area contributed by atoms with Crippen molar-refractivity contribution in [3.63, 3.8) is 0 Å². The standard InChI is InChI=1S/C22H21F3N4O2/c23-22(24,25)17-8-4-7-16(14-17)20-27-28(21(31)29(20)18-9-10-18)12-11-26-19(30)13-15-5-2-1-3-6-15/h1-8,14,18H,9-13H2,(H,26,30). The van der Waals surface area contributed by atoms with Gasteiger partial charge in [-0.1, -0.05) is 42.5 Å². The Hall–Kier alpha value is -3.36. The van der Waals surface area contributed by atoms with Gasteiger partial charge < -0.3 is 5.32 Å². The first-order valence-electron chi connectivity index (χ1n) is 10.0. The number of carbonyl (C=O) groups excluding carboxylic acids is 1. The molecule has 31 heavy (non-hydrogen) atoms. The number of amides is 1. The van der Waals surface area contributed by atoms with Crippen molar-refractivity contribution in [2.75, 3.05) is 6.54 Å². The zero-order valence-electron chi connectivity index (χ0n) is 16.6. The van der Waals surface area contributed by atoms with E-state index in [1.165, 1.54) is 21.4 Å². The quantitative estimate of drug-likeness (QED) is 0.625. The molecule has 1 aliphatic rings. The number of aromatic nitrogens is 3. The van der Waals surface area contributed by atoms with E-state index in [4.69, 9.17) is 0 Å². The maximum Gasteiger partial charge on any atom is 0.416 e. The summed E-state index contributed by atoms with van der Waals surface area (Å²) in [5.41, 5.74) is -0.0533. The second-order valence-electron chi connectivity index (χ2n) is 7.52. The van der Waals surface area contributed by atoms with Gasteiger partial charge in [0.05, 0.1) is 18.5 Å². The summed E-state index contributed by atoms with van der Waals surface area (Å²) >= 11 is 0. The molecular formula is C22H21F3N4O2. The van der Waals surface area contributed by atoms with Crippen LogP contribution in [0.15, 0.2) is 59.4 Å². The number of nitrogens with one attached hydrogen (secondary N) is 1. The number of carbonyl (C=O) groups is 1. The molecule has 0 bridgehead atoms. The summed E-state index contributed by atoms with van der Waals surface area (Å²) < 4.78 is 42.0. The van der Waals surface area contributed by atoms with E-state index in [9.17, 15) is 22.8 Å². The molecule has 1 saturated carbocycles. The summed E-state index contributed by atoms with van der Waals surface area (Å²) in [4.78, 5) is 24.9. The Balaban J connectivity index is 1.50. The molecule has 1 fully saturated rings. The van der Waals surface area contributed by atoms with Gasteiger partial charge in [-0.2, -0.15) is 13.2 Å². The van der Waals surface area contributed by atoms with Crippen molar-refractivity contribution < 1.29 is 18.0 Å². The Morgan fingerprint density at radius 3 is 2.52 bits per heavy atom. The van der Waals surface area contributed by atoms with Crippen molar-refractivity contribution in [2.24, 2.45) is 0 Å². The Morgan fingerprint density at radius 2 is 1.84 bits per heavy atom. The number of halogens is 3. The molecule has 1 N–H and O–H groups in total. The van der Waals surface area contributed by atoms with E-state index in [1.807, 2.05) is 30.3 Å². The van der Waals surface area contributed by atoms with Crippen molar-refractivity contribution in [3.05, 3.63) is 76.2 Å². The molecule has 9 heteroatoms. The largest absolute Gasteiger partial charge is 0.416 e. The topological polar surface area (TPSA) is 68.9 Å². The SMILES string of the molecule is O=C(Cc1ccccc1)NCCn1nc(-c2cccc(C(F)(F)F)c2)n(C2CC2)c1=O. The molecule has 2 aromatic carbocycles. The summed E-state index contributed by atoms with van der Waals surface area (Å²) in [6.45, 7) is 0.320. The lowest BCUT2D eigenvalue weighted by atomic mass is 10.1. The average molecular weight is 430 g/mol. The van der Waals surface area contributed by atoms with E-state index in [0.717, 1.165) is 30.5 Å². The Bertz CT molecular complexity index is 1130. The van der Waals surface area contributed by atoms with Crippen molar-refractivity contribution >= 4 is 5.91 Å². The number of alkyl halides is 3. The van der Waals surface area contributed by atoms with Crippen LogP contribution in [0.4, 0.5) is 13.2 Å². The third kappa shape index (κ3) is 4.87. The summed E-state index contributed by atoms with van der Waals surface area (Å²) in [5.74, 6) is 0.0354. The smallest absolute Gasteiger partial charge is 0.354 e. The highest BCUT2D eigenvalue weighted by Crippen LogP contribution is 2.37. The van der Waals surface area contributed by atoms with Crippen LogP contribution in [-0.4, -0.2) is 26.8 Å². The van der Waals surface area contributed by atoms with E-state index >= 15 is 0 Å². The molecule has 162 valence electrons. The molecule has 1 aromatic heterocycles. The van der Waals surface area contributed by atoms with Crippen LogP contribution < -0.4 is 11.0 Å². The van der Waals surface area contributed by atoms with Gasteiger partial charge >= 0.3 is 11.9 Å². The summed E-state index contributed by atoms with van der Waals surface area (Å²) in [6, 6.07) is 14.0. The molecule has 0 atom stereocenters. The van der Waals surface area contributed by atoms with Crippen molar-refractivity contribution in [1.82, 2.24) is 19.7 Å². The van der Waals surface area contributed by atoms with Crippen molar-refractivity contribution in [3.8, 4) is 11.4 Å². The van der Waals surface area contributed by atoms with E-state index in [1.54, 1.807) is 0 Å². The van der Waals surface area contributed by atoms with Crippen LogP contribution in [-0.2, 0) is 23.9 Å². The maximum atomic E-state index is 13.1. The Kier molecular flexibility index (Phi) is 5.67. The molecule has 1 amide bonds. The van der Waals surface area contributed by atoms with Crippen molar-refractivity contribution in [1.29, 1.82) is 0 Å². The fourth-order valence-corrected chi connectivity index (χ4v) is 3.40. The Morgan fingerprint density at radius 1 is 1.10 bits per heavy atom. The van der Waals surface area contributed by atoms with Crippen LogP contribution in [0.2, 0.25) is 0 Å². The van der Waals surface area contributed by atoms with Gasteiger partial charge in [0.2, 0.25) is 5.91 Å². The molecule has 1 heterocycles. The number of hydrogen-bond donors (Lipinski definition) is 1. The van der Waals surface area contributed by atoms with Gasteiger partial charge in [0.25, 0.3) is 0 Å². The number of rotatable bonds is 7. The number of benzene rings is 2. The molecule has 0 aliphatic heterocycles. The third-order valence-electron chi connectivity index (χ3n) is 5.08. The van der Waals surface area contributed by atoms with Crippen molar-refractivity contribution in [2.45, 2.75) is 38.0 Å². The van der Waals surface area contributed by atoms with Crippen LogP contribution in [0, 0.1) is 0 Å². The fourth-order valence-electron chi connectivity index (χ4n) is 3.40. The Labute approximate surface area is 176 Å². The minimum atomic E-state index is -4.48.